The quantitative estimate of drug-likeness (QED) is 0.759. The molecule has 2 aliphatic heterocycles. The van der Waals surface area contributed by atoms with Crippen LogP contribution in [0.15, 0.2) is 48.5 Å². The van der Waals surface area contributed by atoms with E-state index in [2.05, 4.69) is 11.0 Å². The second-order valence-corrected chi connectivity index (χ2v) is 9.00. The fourth-order valence-electron chi connectivity index (χ4n) is 4.90. The molecule has 6 nitrogen and oxygen atoms in total. The number of nitrogens with zero attached hydrogens (tertiary/aromatic N) is 3. The van der Waals surface area contributed by atoms with Crippen molar-refractivity contribution in [2.45, 2.75) is 38.3 Å². The average molecular weight is 435 g/mol. The van der Waals surface area contributed by atoms with Crippen molar-refractivity contribution in [3.8, 4) is 11.1 Å². The van der Waals surface area contributed by atoms with Gasteiger partial charge in [0.25, 0.3) is 5.91 Å². The Balaban J connectivity index is 1.37. The Morgan fingerprint density at radius 3 is 2.31 bits per heavy atom. The van der Waals surface area contributed by atoms with Gasteiger partial charge in [0.05, 0.1) is 6.54 Å². The van der Waals surface area contributed by atoms with Gasteiger partial charge in [-0.1, -0.05) is 30.3 Å². The van der Waals surface area contributed by atoms with Crippen LogP contribution >= 0.6 is 0 Å². The van der Waals surface area contributed by atoms with E-state index in [9.17, 15) is 9.59 Å². The molecule has 2 amide bonds. The summed E-state index contributed by atoms with van der Waals surface area (Å²) in [6, 6.07) is 16.7. The summed E-state index contributed by atoms with van der Waals surface area (Å²) < 4.78 is 0. The molecule has 2 aromatic rings. The van der Waals surface area contributed by atoms with Crippen LogP contribution in [0.3, 0.4) is 0 Å². The number of benzene rings is 2. The normalized spacial score (nSPS) is 17.5. The maximum Gasteiger partial charge on any atom is 0.253 e. The minimum atomic E-state index is -0.0808. The Labute approximate surface area is 191 Å². The van der Waals surface area contributed by atoms with Gasteiger partial charge in [-0.2, -0.15) is 0 Å². The van der Waals surface area contributed by atoms with Gasteiger partial charge >= 0.3 is 0 Å². The molecular formula is C26H34N4O2. The number of amides is 2. The average Bonchev–Trinajstić information content (AvgIpc) is 3.38. The summed E-state index contributed by atoms with van der Waals surface area (Å²) in [6.07, 6.45) is 4.79. The molecule has 170 valence electrons. The number of likely N-dealkylation sites (tertiary alicyclic amines) is 2. The first-order chi connectivity index (χ1) is 15.5. The number of carbonyl (C=O) groups is 2. The topological polar surface area (TPSA) is 69.9 Å². The predicted octanol–water partition coefficient (Wildman–Crippen LogP) is 2.97. The highest BCUT2D eigenvalue weighted by Gasteiger charge is 2.28. The fourth-order valence-corrected chi connectivity index (χ4v) is 4.90. The maximum atomic E-state index is 13.0. The third kappa shape index (κ3) is 5.19. The summed E-state index contributed by atoms with van der Waals surface area (Å²) in [5.41, 5.74) is 9.38. The lowest BCUT2D eigenvalue weighted by molar-refractivity contribution is -0.128. The second-order valence-electron chi connectivity index (χ2n) is 9.00. The van der Waals surface area contributed by atoms with Gasteiger partial charge in [-0.3, -0.25) is 9.59 Å². The number of likely N-dealkylation sites (N-methyl/N-ethyl adjacent to an activating group) is 1. The lowest BCUT2D eigenvalue weighted by atomic mass is 10.00. The molecule has 32 heavy (non-hydrogen) atoms. The molecule has 2 aromatic carbocycles. The molecule has 2 heterocycles. The molecule has 0 bridgehead atoms. The van der Waals surface area contributed by atoms with E-state index in [0.717, 1.165) is 48.2 Å². The second kappa shape index (κ2) is 10.3. The molecule has 2 N–H and O–H groups in total. The number of piperidine rings is 1. The molecule has 0 atom stereocenters. The fraction of sp³-hybridized carbons (Fsp3) is 0.462. The molecular weight excluding hydrogens is 400 g/mol. The SMILES string of the molecule is CN(Cc1cccc(-c2ccc(C(=O)N3CCC(N4CCCC4)CC3)cc2)c1)C(=O)CN. The highest BCUT2D eigenvalue weighted by atomic mass is 16.2. The number of hydrogen-bond donors (Lipinski definition) is 1. The van der Waals surface area contributed by atoms with Crippen LogP contribution in [0.5, 0.6) is 0 Å². The van der Waals surface area contributed by atoms with Crippen molar-refractivity contribution in [1.82, 2.24) is 14.7 Å². The molecule has 0 aliphatic carbocycles. The summed E-state index contributed by atoms with van der Waals surface area (Å²) >= 11 is 0. The Bertz CT molecular complexity index is 929. The van der Waals surface area contributed by atoms with Crippen molar-refractivity contribution >= 4 is 11.8 Å². The van der Waals surface area contributed by atoms with Crippen LogP contribution in [-0.2, 0) is 11.3 Å². The Kier molecular flexibility index (Phi) is 7.22. The van der Waals surface area contributed by atoms with Gasteiger partial charge in [0, 0.05) is 38.3 Å². The number of carbonyl (C=O) groups excluding carboxylic acids is 2. The molecule has 2 saturated heterocycles. The van der Waals surface area contributed by atoms with Gasteiger partial charge in [0.2, 0.25) is 5.91 Å². The largest absolute Gasteiger partial charge is 0.340 e. The molecule has 2 fully saturated rings. The van der Waals surface area contributed by atoms with E-state index in [0.29, 0.717) is 12.6 Å². The smallest absolute Gasteiger partial charge is 0.253 e. The van der Waals surface area contributed by atoms with E-state index in [1.54, 1.807) is 11.9 Å². The monoisotopic (exact) mass is 434 g/mol. The minimum absolute atomic E-state index is 0.0155. The van der Waals surface area contributed by atoms with Crippen molar-refractivity contribution in [2.75, 3.05) is 39.8 Å². The zero-order valence-electron chi connectivity index (χ0n) is 19.0. The van der Waals surface area contributed by atoms with Crippen LogP contribution in [0.4, 0.5) is 0 Å². The van der Waals surface area contributed by atoms with E-state index in [4.69, 9.17) is 5.73 Å². The van der Waals surface area contributed by atoms with Crippen molar-refractivity contribution < 1.29 is 9.59 Å². The molecule has 4 rings (SSSR count). The summed E-state index contributed by atoms with van der Waals surface area (Å²) in [5.74, 6) is 0.0508. The minimum Gasteiger partial charge on any atom is -0.340 e. The van der Waals surface area contributed by atoms with Crippen LogP contribution in [0.1, 0.15) is 41.6 Å². The zero-order valence-corrected chi connectivity index (χ0v) is 19.0. The van der Waals surface area contributed by atoms with E-state index in [1.807, 2.05) is 47.4 Å². The third-order valence-electron chi connectivity index (χ3n) is 6.82. The third-order valence-corrected chi connectivity index (χ3v) is 6.82. The number of hydrogen-bond acceptors (Lipinski definition) is 4. The molecule has 0 radical (unpaired) electrons. The van der Waals surface area contributed by atoms with Gasteiger partial charge in [0.15, 0.2) is 0 Å². The lowest BCUT2D eigenvalue weighted by Crippen LogP contribution is -2.45. The van der Waals surface area contributed by atoms with E-state index >= 15 is 0 Å². The molecule has 2 aliphatic rings. The molecule has 0 saturated carbocycles. The molecule has 0 spiro atoms. The summed E-state index contributed by atoms with van der Waals surface area (Å²) in [5, 5.41) is 0. The Morgan fingerprint density at radius 2 is 1.66 bits per heavy atom. The standard InChI is InChI=1S/C26H34N4O2/c1-28(25(31)18-27)19-20-5-4-6-23(17-20)21-7-9-22(10-8-21)26(32)30-15-11-24(12-16-30)29-13-2-3-14-29/h4-10,17,24H,2-3,11-16,18-19,27H2,1H3. The zero-order chi connectivity index (χ0) is 22.5. The first-order valence-electron chi connectivity index (χ1n) is 11.7. The summed E-state index contributed by atoms with van der Waals surface area (Å²) in [7, 11) is 1.76. The van der Waals surface area contributed by atoms with Gasteiger partial charge in [-0.15, -0.1) is 0 Å². The van der Waals surface area contributed by atoms with Crippen molar-refractivity contribution in [2.24, 2.45) is 5.73 Å². The van der Waals surface area contributed by atoms with E-state index < -0.39 is 0 Å². The van der Waals surface area contributed by atoms with E-state index in [-0.39, 0.29) is 18.4 Å². The Hall–Kier alpha value is -2.70. The Morgan fingerprint density at radius 1 is 0.969 bits per heavy atom. The molecule has 0 aromatic heterocycles. The van der Waals surface area contributed by atoms with Crippen LogP contribution in [0.25, 0.3) is 11.1 Å². The van der Waals surface area contributed by atoms with Gasteiger partial charge in [-0.25, -0.2) is 0 Å². The van der Waals surface area contributed by atoms with Gasteiger partial charge in [0.1, 0.15) is 0 Å². The highest BCUT2D eigenvalue weighted by molar-refractivity contribution is 5.94. The summed E-state index contributed by atoms with van der Waals surface area (Å²) in [6.45, 7) is 4.68. The van der Waals surface area contributed by atoms with Crippen LogP contribution < -0.4 is 5.73 Å². The summed E-state index contributed by atoms with van der Waals surface area (Å²) in [4.78, 5) is 31.0. The van der Waals surface area contributed by atoms with Crippen LogP contribution in [0.2, 0.25) is 0 Å². The molecule has 6 heteroatoms. The van der Waals surface area contributed by atoms with Crippen LogP contribution in [-0.4, -0.2) is 72.3 Å². The number of nitrogens with two attached hydrogens (primary N) is 1. The molecule has 0 unspecified atom stereocenters. The van der Waals surface area contributed by atoms with Crippen molar-refractivity contribution in [3.05, 3.63) is 59.7 Å². The first-order valence-corrected chi connectivity index (χ1v) is 11.7. The van der Waals surface area contributed by atoms with Crippen molar-refractivity contribution in [1.29, 1.82) is 0 Å². The first kappa shape index (κ1) is 22.5. The predicted molar refractivity (Wildman–Crippen MR) is 127 cm³/mol. The highest BCUT2D eigenvalue weighted by Crippen LogP contribution is 2.24. The van der Waals surface area contributed by atoms with Gasteiger partial charge in [-0.05, 0) is 73.7 Å². The number of rotatable bonds is 6. The lowest BCUT2D eigenvalue weighted by Gasteiger charge is -2.36. The van der Waals surface area contributed by atoms with E-state index in [1.165, 1.54) is 25.9 Å². The van der Waals surface area contributed by atoms with Gasteiger partial charge < -0.3 is 20.4 Å². The van der Waals surface area contributed by atoms with Crippen LogP contribution in [0, 0.1) is 0 Å². The van der Waals surface area contributed by atoms with Crippen molar-refractivity contribution in [3.63, 3.8) is 0 Å². The maximum absolute atomic E-state index is 13.0.